The number of ether oxygens (including phenoxy) is 1. The number of nitrogens with one attached hydrogen (secondary N) is 2. The summed E-state index contributed by atoms with van der Waals surface area (Å²) in [5, 5.41) is 5.49. The number of rotatable bonds is 7. The standard InChI is InChI=1S/C18H19N3O3.ClH/c1-3-10-19-18(23)14-5-4-11-21(12-14)13-17(22)20-15-6-8-16(24-2)9-7-15;/h3-9,11-12H,1,10,13H2,2H3,(H-,19,20,22,23);1H. The van der Waals surface area contributed by atoms with Gasteiger partial charge in [0.1, 0.15) is 11.3 Å². The maximum atomic E-state index is 12.1. The summed E-state index contributed by atoms with van der Waals surface area (Å²) in [6, 6.07) is 10.5. The minimum atomic E-state index is -0.209. The summed E-state index contributed by atoms with van der Waals surface area (Å²) in [6.45, 7) is 4.05. The highest BCUT2D eigenvalue weighted by Crippen LogP contribution is 2.14. The minimum Gasteiger partial charge on any atom is -1.00 e. The smallest absolute Gasteiger partial charge is 0.290 e. The number of hydrogen-bond acceptors (Lipinski definition) is 3. The van der Waals surface area contributed by atoms with E-state index in [0.29, 0.717) is 17.8 Å². The van der Waals surface area contributed by atoms with Gasteiger partial charge in [-0.1, -0.05) is 6.08 Å². The zero-order chi connectivity index (χ0) is 17.4. The van der Waals surface area contributed by atoms with Crippen molar-refractivity contribution in [1.82, 2.24) is 5.32 Å². The van der Waals surface area contributed by atoms with Crippen LogP contribution in [0.1, 0.15) is 10.4 Å². The van der Waals surface area contributed by atoms with Crippen molar-refractivity contribution >= 4 is 17.5 Å². The molecule has 2 N–H and O–H groups in total. The van der Waals surface area contributed by atoms with E-state index < -0.39 is 0 Å². The number of benzene rings is 1. The average molecular weight is 362 g/mol. The van der Waals surface area contributed by atoms with Gasteiger partial charge in [-0.2, -0.15) is 4.57 Å². The monoisotopic (exact) mass is 361 g/mol. The van der Waals surface area contributed by atoms with Crippen molar-refractivity contribution in [2.75, 3.05) is 19.0 Å². The fourth-order valence-corrected chi connectivity index (χ4v) is 2.06. The van der Waals surface area contributed by atoms with Gasteiger partial charge in [-0.15, -0.1) is 6.58 Å². The van der Waals surface area contributed by atoms with Crippen LogP contribution in [0.3, 0.4) is 0 Å². The second-order valence-corrected chi connectivity index (χ2v) is 5.04. The van der Waals surface area contributed by atoms with Crippen molar-refractivity contribution in [3.8, 4) is 5.75 Å². The first-order valence-corrected chi connectivity index (χ1v) is 7.44. The van der Waals surface area contributed by atoms with Crippen LogP contribution in [0.25, 0.3) is 0 Å². The molecule has 0 saturated heterocycles. The SMILES string of the molecule is C=CCNC(=O)c1ccc[n+](CC(=O)Nc2ccc(OC)cc2)c1.[Cl-]. The number of carbonyl (C=O) groups is 2. The number of carbonyl (C=O) groups excluding carboxylic acids is 2. The van der Waals surface area contributed by atoms with Crippen molar-refractivity contribution in [2.24, 2.45) is 0 Å². The molecule has 0 atom stereocenters. The molecule has 0 aliphatic heterocycles. The van der Waals surface area contributed by atoms with Crippen LogP contribution >= 0.6 is 0 Å². The maximum absolute atomic E-state index is 12.1. The van der Waals surface area contributed by atoms with Crippen molar-refractivity contribution in [3.63, 3.8) is 0 Å². The highest BCUT2D eigenvalue weighted by Gasteiger charge is 2.13. The first kappa shape index (κ1) is 20.2. The number of nitrogens with zero attached hydrogens (tertiary/aromatic N) is 1. The first-order valence-electron chi connectivity index (χ1n) is 7.44. The molecule has 1 heterocycles. The molecular formula is C18H20ClN3O3. The zero-order valence-corrected chi connectivity index (χ0v) is 14.6. The molecule has 6 nitrogen and oxygen atoms in total. The lowest BCUT2D eigenvalue weighted by molar-refractivity contribution is -0.684. The Bertz CT molecular complexity index is 733. The molecule has 1 aromatic carbocycles. The molecule has 0 saturated carbocycles. The second kappa shape index (κ2) is 10.1. The molecule has 2 amide bonds. The van der Waals surface area contributed by atoms with Crippen molar-refractivity contribution in [3.05, 3.63) is 67.0 Å². The lowest BCUT2D eigenvalue weighted by Crippen LogP contribution is -3.00. The number of aromatic nitrogens is 1. The van der Waals surface area contributed by atoms with Crippen LogP contribution in [0.5, 0.6) is 5.75 Å². The van der Waals surface area contributed by atoms with E-state index in [1.165, 1.54) is 0 Å². The maximum Gasteiger partial charge on any atom is 0.290 e. The van der Waals surface area contributed by atoms with Crippen molar-refractivity contribution in [1.29, 1.82) is 0 Å². The summed E-state index contributed by atoms with van der Waals surface area (Å²) in [5.41, 5.74) is 1.16. The number of amides is 2. The van der Waals surface area contributed by atoms with Gasteiger partial charge in [-0.05, 0) is 30.3 Å². The number of pyridine rings is 1. The summed E-state index contributed by atoms with van der Waals surface area (Å²) in [4.78, 5) is 24.0. The first-order chi connectivity index (χ1) is 11.6. The minimum absolute atomic E-state index is 0. The van der Waals surface area contributed by atoms with Crippen LogP contribution in [0.4, 0.5) is 5.69 Å². The van der Waals surface area contributed by atoms with Gasteiger partial charge in [0.25, 0.3) is 11.8 Å². The normalized spacial score (nSPS) is 9.48. The van der Waals surface area contributed by atoms with Crippen LogP contribution in [-0.2, 0) is 11.3 Å². The topological polar surface area (TPSA) is 71.3 Å². The largest absolute Gasteiger partial charge is 1.00 e. The van der Waals surface area contributed by atoms with Gasteiger partial charge >= 0.3 is 0 Å². The van der Waals surface area contributed by atoms with Gasteiger partial charge in [-0.3, -0.25) is 9.59 Å². The lowest BCUT2D eigenvalue weighted by Gasteiger charge is -2.05. The molecule has 25 heavy (non-hydrogen) atoms. The number of methoxy groups -OCH3 is 1. The van der Waals surface area contributed by atoms with E-state index in [1.54, 1.807) is 66.5 Å². The summed E-state index contributed by atoms with van der Waals surface area (Å²) < 4.78 is 6.73. The Kier molecular flexibility index (Phi) is 8.15. The van der Waals surface area contributed by atoms with Gasteiger partial charge in [0.05, 0.1) is 7.11 Å². The molecule has 132 valence electrons. The molecule has 1 aromatic heterocycles. The summed E-state index contributed by atoms with van der Waals surface area (Å²) in [5.74, 6) is 0.328. The summed E-state index contributed by atoms with van der Waals surface area (Å²) in [7, 11) is 1.59. The van der Waals surface area contributed by atoms with Gasteiger partial charge in [-0.25, -0.2) is 0 Å². The molecule has 0 radical (unpaired) electrons. The van der Waals surface area contributed by atoms with Crippen LogP contribution < -0.4 is 32.3 Å². The predicted molar refractivity (Wildman–Crippen MR) is 90.8 cm³/mol. The molecular weight excluding hydrogens is 342 g/mol. The molecule has 2 rings (SSSR count). The van der Waals surface area contributed by atoms with E-state index >= 15 is 0 Å². The highest BCUT2D eigenvalue weighted by molar-refractivity contribution is 5.93. The predicted octanol–water partition coefficient (Wildman–Crippen LogP) is -1.46. The Hall–Kier alpha value is -2.86. The van der Waals surface area contributed by atoms with Gasteiger partial charge < -0.3 is 27.8 Å². The summed E-state index contributed by atoms with van der Waals surface area (Å²) >= 11 is 0. The number of anilines is 1. The van der Waals surface area contributed by atoms with Gasteiger partial charge in [0, 0.05) is 18.3 Å². The van der Waals surface area contributed by atoms with Crippen molar-refractivity contribution in [2.45, 2.75) is 6.54 Å². The molecule has 0 bridgehead atoms. The number of halogens is 1. The Morgan fingerprint density at radius 2 is 1.96 bits per heavy atom. The molecule has 0 aliphatic rings. The van der Waals surface area contributed by atoms with E-state index in [4.69, 9.17) is 4.74 Å². The van der Waals surface area contributed by atoms with E-state index in [2.05, 4.69) is 17.2 Å². The van der Waals surface area contributed by atoms with Crippen LogP contribution in [0, 0.1) is 0 Å². The molecule has 0 fully saturated rings. The average Bonchev–Trinajstić information content (AvgIpc) is 2.60. The van der Waals surface area contributed by atoms with E-state index in [-0.39, 0.29) is 30.8 Å². The molecule has 0 unspecified atom stereocenters. The molecule has 7 heteroatoms. The third-order valence-electron chi connectivity index (χ3n) is 3.23. The van der Waals surface area contributed by atoms with Crippen LogP contribution in [0.2, 0.25) is 0 Å². The van der Waals surface area contributed by atoms with E-state index in [9.17, 15) is 9.59 Å². The Morgan fingerprint density at radius 3 is 2.60 bits per heavy atom. The van der Waals surface area contributed by atoms with Crippen molar-refractivity contribution < 1.29 is 31.3 Å². The highest BCUT2D eigenvalue weighted by atomic mass is 35.5. The Balaban J connectivity index is 0.00000312. The second-order valence-electron chi connectivity index (χ2n) is 5.04. The Morgan fingerprint density at radius 1 is 1.24 bits per heavy atom. The van der Waals surface area contributed by atoms with Gasteiger partial charge in [0.15, 0.2) is 12.4 Å². The van der Waals surface area contributed by atoms with Gasteiger partial charge in [0.2, 0.25) is 6.54 Å². The third-order valence-corrected chi connectivity index (χ3v) is 3.23. The van der Waals surface area contributed by atoms with E-state index in [1.807, 2.05) is 0 Å². The Labute approximate surface area is 152 Å². The van der Waals surface area contributed by atoms with E-state index in [0.717, 1.165) is 5.75 Å². The van der Waals surface area contributed by atoms with Crippen LogP contribution in [-0.4, -0.2) is 25.5 Å². The summed E-state index contributed by atoms with van der Waals surface area (Å²) in [6.07, 6.45) is 4.97. The molecule has 2 aromatic rings. The number of hydrogen-bond donors (Lipinski definition) is 2. The quantitative estimate of drug-likeness (QED) is 0.468. The molecule has 0 aliphatic carbocycles. The lowest BCUT2D eigenvalue weighted by atomic mass is 10.2. The van der Waals surface area contributed by atoms with Crippen LogP contribution in [0.15, 0.2) is 61.4 Å². The fraction of sp³-hybridized carbons (Fsp3) is 0.167. The third kappa shape index (κ3) is 6.27. The molecule has 0 spiro atoms. The zero-order valence-electron chi connectivity index (χ0n) is 13.9. The fourth-order valence-electron chi connectivity index (χ4n) is 2.06.